The van der Waals surface area contributed by atoms with Crippen LogP contribution in [0.3, 0.4) is 0 Å². The van der Waals surface area contributed by atoms with Crippen LogP contribution in [0.5, 0.6) is 0 Å². The van der Waals surface area contributed by atoms with Crippen molar-refractivity contribution in [2.45, 2.75) is 13.3 Å². The third-order valence-corrected chi connectivity index (χ3v) is 2.59. The number of rotatable bonds is 6. The summed E-state index contributed by atoms with van der Waals surface area (Å²) in [4.78, 5) is 4.34. The lowest BCUT2D eigenvalue weighted by Crippen LogP contribution is -2.04. The molecule has 74 valence electrons. The van der Waals surface area contributed by atoms with E-state index in [2.05, 4.69) is 10.4 Å². The molecule has 3 nitrogen and oxygen atoms in total. The minimum atomic E-state index is 0.664. The van der Waals surface area contributed by atoms with Gasteiger partial charge in [-0.25, -0.2) is 4.98 Å². The summed E-state index contributed by atoms with van der Waals surface area (Å²) < 4.78 is 10.2. The van der Waals surface area contributed by atoms with Gasteiger partial charge in [-0.05, 0) is 6.92 Å². The second-order valence-corrected chi connectivity index (χ2v) is 3.68. The molecular formula is C9H15NO2S. The Kier molecular flexibility index (Phi) is 4.97. The van der Waals surface area contributed by atoms with Crippen LogP contribution in [0, 0.1) is 6.92 Å². The molecule has 0 radical (unpaired) electrons. The summed E-state index contributed by atoms with van der Waals surface area (Å²) in [6.07, 6.45) is 0.905. The zero-order valence-electron chi connectivity index (χ0n) is 8.08. The molecule has 0 saturated carbocycles. The van der Waals surface area contributed by atoms with Gasteiger partial charge in [0.15, 0.2) is 0 Å². The molecule has 0 atom stereocenters. The molecule has 0 bridgehead atoms. The molecule has 0 aliphatic carbocycles. The van der Waals surface area contributed by atoms with Gasteiger partial charge in [0.2, 0.25) is 0 Å². The van der Waals surface area contributed by atoms with Crippen LogP contribution < -0.4 is 0 Å². The van der Waals surface area contributed by atoms with Gasteiger partial charge in [-0.1, -0.05) is 0 Å². The van der Waals surface area contributed by atoms with Crippen LogP contribution in [0.4, 0.5) is 0 Å². The van der Waals surface area contributed by atoms with Gasteiger partial charge in [0.05, 0.1) is 24.8 Å². The highest BCUT2D eigenvalue weighted by molar-refractivity contribution is 7.09. The molecule has 0 aliphatic heterocycles. The minimum Gasteiger partial charge on any atom is -0.382 e. The second-order valence-electron chi connectivity index (χ2n) is 2.74. The molecule has 13 heavy (non-hydrogen) atoms. The Morgan fingerprint density at radius 3 is 2.85 bits per heavy atom. The van der Waals surface area contributed by atoms with Crippen LogP contribution in [0.25, 0.3) is 0 Å². The SMILES string of the molecule is COCCOCCc1nc(C)cs1. The highest BCUT2D eigenvalue weighted by Crippen LogP contribution is 2.08. The third kappa shape index (κ3) is 4.36. The van der Waals surface area contributed by atoms with E-state index in [4.69, 9.17) is 9.47 Å². The van der Waals surface area contributed by atoms with Crippen LogP contribution in [-0.4, -0.2) is 31.9 Å². The van der Waals surface area contributed by atoms with Crippen molar-refractivity contribution in [1.82, 2.24) is 4.98 Å². The molecule has 0 aromatic carbocycles. The van der Waals surface area contributed by atoms with Gasteiger partial charge in [0.1, 0.15) is 0 Å². The van der Waals surface area contributed by atoms with Gasteiger partial charge in [0.25, 0.3) is 0 Å². The number of thiazole rings is 1. The molecular weight excluding hydrogens is 186 g/mol. The van der Waals surface area contributed by atoms with Crippen molar-refractivity contribution in [3.63, 3.8) is 0 Å². The average Bonchev–Trinajstić information content (AvgIpc) is 2.51. The predicted molar refractivity (Wildman–Crippen MR) is 53.3 cm³/mol. The Balaban J connectivity index is 2.06. The predicted octanol–water partition coefficient (Wildman–Crippen LogP) is 1.66. The van der Waals surface area contributed by atoms with E-state index < -0.39 is 0 Å². The summed E-state index contributed by atoms with van der Waals surface area (Å²) in [6.45, 7) is 4.07. The summed E-state index contributed by atoms with van der Waals surface area (Å²) in [5.74, 6) is 0. The van der Waals surface area contributed by atoms with Crippen molar-refractivity contribution in [1.29, 1.82) is 0 Å². The van der Waals surface area contributed by atoms with Crippen LogP contribution in [0.15, 0.2) is 5.38 Å². The van der Waals surface area contributed by atoms with Gasteiger partial charge < -0.3 is 9.47 Å². The van der Waals surface area contributed by atoms with Gasteiger partial charge in [0, 0.05) is 24.6 Å². The van der Waals surface area contributed by atoms with E-state index in [1.807, 2.05) is 6.92 Å². The molecule has 0 spiro atoms. The maximum Gasteiger partial charge on any atom is 0.0951 e. The standard InChI is InChI=1S/C9H15NO2S/c1-8-7-13-9(10-8)3-4-12-6-5-11-2/h7H,3-6H2,1-2H3. The van der Waals surface area contributed by atoms with E-state index in [-0.39, 0.29) is 0 Å². The molecule has 0 aliphatic rings. The normalized spacial score (nSPS) is 10.6. The fourth-order valence-corrected chi connectivity index (χ4v) is 1.68. The lowest BCUT2D eigenvalue weighted by Gasteiger charge is -2.00. The first-order valence-electron chi connectivity index (χ1n) is 4.30. The summed E-state index contributed by atoms with van der Waals surface area (Å²) in [5.41, 5.74) is 1.09. The smallest absolute Gasteiger partial charge is 0.0951 e. The van der Waals surface area contributed by atoms with Gasteiger partial charge >= 0.3 is 0 Å². The summed E-state index contributed by atoms with van der Waals surface area (Å²) >= 11 is 1.69. The van der Waals surface area contributed by atoms with E-state index in [0.29, 0.717) is 13.2 Å². The van der Waals surface area contributed by atoms with Crippen molar-refractivity contribution in [3.05, 3.63) is 16.1 Å². The number of hydrogen-bond acceptors (Lipinski definition) is 4. The Bertz CT molecular complexity index is 237. The van der Waals surface area contributed by atoms with Crippen LogP contribution >= 0.6 is 11.3 Å². The highest BCUT2D eigenvalue weighted by Gasteiger charge is 1.97. The monoisotopic (exact) mass is 201 g/mol. The van der Waals surface area contributed by atoms with E-state index in [1.54, 1.807) is 18.4 Å². The molecule has 0 amide bonds. The molecule has 0 saturated heterocycles. The molecule has 1 aromatic heterocycles. The van der Waals surface area contributed by atoms with E-state index in [0.717, 1.165) is 23.7 Å². The van der Waals surface area contributed by atoms with Crippen LogP contribution in [0.2, 0.25) is 0 Å². The first kappa shape index (κ1) is 10.6. The first-order chi connectivity index (χ1) is 6.33. The maximum absolute atomic E-state index is 5.33. The number of aryl methyl sites for hydroxylation is 1. The molecule has 1 heterocycles. The molecule has 0 fully saturated rings. The van der Waals surface area contributed by atoms with Crippen molar-refractivity contribution in [3.8, 4) is 0 Å². The fraction of sp³-hybridized carbons (Fsp3) is 0.667. The number of ether oxygens (including phenoxy) is 2. The highest BCUT2D eigenvalue weighted by atomic mass is 32.1. The topological polar surface area (TPSA) is 31.4 Å². The summed E-state index contributed by atoms with van der Waals surface area (Å²) in [5, 5.41) is 3.21. The summed E-state index contributed by atoms with van der Waals surface area (Å²) in [7, 11) is 1.67. The quantitative estimate of drug-likeness (QED) is 0.656. The number of methoxy groups -OCH3 is 1. The largest absolute Gasteiger partial charge is 0.382 e. The number of hydrogen-bond donors (Lipinski definition) is 0. The van der Waals surface area contributed by atoms with Gasteiger partial charge in [-0.2, -0.15) is 0 Å². The molecule has 1 rings (SSSR count). The molecule has 0 unspecified atom stereocenters. The Morgan fingerprint density at radius 1 is 1.38 bits per heavy atom. The lowest BCUT2D eigenvalue weighted by atomic mass is 10.5. The van der Waals surface area contributed by atoms with E-state index >= 15 is 0 Å². The van der Waals surface area contributed by atoms with Crippen molar-refractivity contribution >= 4 is 11.3 Å². The van der Waals surface area contributed by atoms with E-state index in [9.17, 15) is 0 Å². The zero-order valence-corrected chi connectivity index (χ0v) is 8.89. The van der Waals surface area contributed by atoms with Gasteiger partial charge in [-0.3, -0.25) is 0 Å². The van der Waals surface area contributed by atoms with Crippen molar-refractivity contribution < 1.29 is 9.47 Å². The van der Waals surface area contributed by atoms with E-state index in [1.165, 1.54) is 0 Å². The minimum absolute atomic E-state index is 0.664. The Labute approximate surface area is 82.7 Å². The number of nitrogens with zero attached hydrogens (tertiary/aromatic N) is 1. The third-order valence-electron chi connectivity index (χ3n) is 1.56. The second kappa shape index (κ2) is 6.07. The number of aromatic nitrogens is 1. The molecule has 4 heteroatoms. The lowest BCUT2D eigenvalue weighted by molar-refractivity contribution is 0.0722. The average molecular weight is 201 g/mol. The maximum atomic E-state index is 5.33. The van der Waals surface area contributed by atoms with Crippen LogP contribution in [0.1, 0.15) is 10.7 Å². The van der Waals surface area contributed by atoms with Crippen molar-refractivity contribution in [2.75, 3.05) is 26.9 Å². The Morgan fingerprint density at radius 2 is 2.23 bits per heavy atom. The molecule has 0 N–H and O–H groups in total. The first-order valence-corrected chi connectivity index (χ1v) is 5.18. The van der Waals surface area contributed by atoms with Gasteiger partial charge in [-0.15, -0.1) is 11.3 Å². The zero-order chi connectivity index (χ0) is 9.52. The van der Waals surface area contributed by atoms with Crippen molar-refractivity contribution in [2.24, 2.45) is 0 Å². The Hall–Kier alpha value is -0.450. The molecule has 1 aromatic rings. The summed E-state index contributed by atoms with van der Waals surface area (Å²) in [6, 6.07) is 0. The van der Waals surface area contributed by atoms with Crippen LogP contribution in [-0.2, 0) is 15.9 Å². The fourth-order valence-electron chi connectivity index (χ4n) is 0.921.